The monoisotopic (exact) mass is 452 g/mol. The van der Waals surface area contributed by atoms with Crippen molar-refractivity contribution in [2.75, 3.05) is 7.05 Å². The first-order chi connectivity index (χ1) is 16.2. The molecule has 5 nitrogen and oxygen atoms in total. The van der Waals surface area contributed by atoms with Gasteiger partial charge in [0.2, 0.25) is 0 Å². The Labute approximate surface area is 202 Å². The van der Waals surface area contributed by atoms with Gasteiger partial charge in [0.1, 0.15) is 5.84 Å². The van der Waals surface area contributed by atoms with Crippen molar-refractivity contribution in [1.29, 1.82) is 5.26 Å². The highest BCUT2D eigenvalue weighted by molar-refractivity contribution is 6.12. The van der Waals surface area contributed by atoms with E-state index in [9.17, 15) is 10.1 Å². The third-order valence-corrected chi connectivity index (χ3v) is 5.97. The van der Waals surface area contributed by atoms with Crippen LogP contribution in [0.15, 0.2) is 77.5 Å². The van der Waals surface area contributed by atoms with Gasteiger partial charge < -0.3 is 10.6 Å². The molecule has 1 aliphatic rings. The van der Waals surface area contributed by atoms with Crippen molar-refractivity contribution in [2.24, 2.45) is 4.99 Å². The molecule has 0 spiro atoms. The van der Waals surface area contributed by atoms with Crippen LogP contribution in [0, 0.1) is 11.3 Å². The molecule has 1 aliphatic heterocycles. The number of amidine groups is 1. The Hall–Kier alpha value is -3.91. The molecule has 0 bridgehead atoms. The second kappa shape index (κ2) is 10.4. The van der Waals surface area contributed by atoms with Crippen molar-refractivity contribution in [3.63, 3.8) is 0 Å². The van der Waals surface area contributed by atoms with Gasteiger partial charge >= 0.3 is 0 Å². The highest BCUT2D eigenvalue weighted by atomic mass is 16.1. The third kappa shape index (κ3) is 5.35. The molecular weight excluding hydrogens is 420 g/mol. The quantitative estimate of drug-likeness (QED) is 0.594. The van der Waals surface area contributed by atoms with Crippen LogP contribution in [0.5, 0.6) is 0 Å². The second-order valence-electron chi connectivity index (χ2n) is 9.29. The van der Waals surface area contributed by atoms with Crippen LogP contribution in [0.1, 0.15) is 66.7 Å². The van der Waals surface area contributed by atoms with Gasteiger partial charge in [-0.1, -0.05) is 58.5 Å². The van der Waals surface area contributed by atoms with E-state index < -0.39 is 0 Å². The first-order valence-electron chi connectivity index (χ1n) is 11.4. The fraction of sp³-hybridized carbons (Fsp3) is 0.276. The molecule has 174 valence electrons. The average Bonchev–Trinajstić information content (AvgIpc) is 3.30. The number of allylic oxidation sites excluding steroid dienone is 2. The van der Waals surface area contributed by atoms with E-state index in [0.29, 0.717) is 11.1 Å². The number of carbonyl (C=O) groups excluding carboxylic acids is 1. The molecule has 0 unspecified atom stereocenters. The maximum atomic E-state index is 12.7. The van der Waals surface area contributed by atoms with Crippen LogP contribution in [-0.2, 0) is 12.0 Å². The van der Waals surface area contributed by atoms with E-state index in [-0.39, 0.29) is 17.9 Å². The van der Waals surface area contributed by atoms with Crippen molar-refractivity contribution >= 4 is 17.3 Å². The van der Waals surface area contributed by atoms with Crippen LogP contribution in [0.25, 0.3) is 5.57 Å². The van der Waals surface area contributed by atoms with Crippen LogP contribution in [0.2, 0.25) is 0 Å². The summed E-state index contributed by atoms with van der Waals surface area (Å²) in [5.41, 5.74) is 6.89. The summed E-state index contributed by atoms with van der Waals surface area (Å²) in [5.74, 6) is 0.610. The van der Waals surface area contributed by atoms with E-state index in [4.69, 9.17) is 0 Å². The van der Waals surface area contributed by atoms with Crippen molar-refractivity contribution in [2.45, 2.75) is 46.1 Å². The molecule has 2 N–H and O–H groups in total. The predicted molar refractivity (Wildman–Crippen MR) is 139 cm³/mol. The molecule has 5 heteroatoms. The lowest BCUT2D eigenvalue weighted by molar-refractivity contribution is 0.0951. The summed E-state index contributed by atoms with van der Waals surface area (Å²) in [7, 11) is 1.74. The van der Waals surface area contributed by atoms with Crippen LogP contribution in [0.4, 0.5) is 0 Å². The molecule has 2 aromatic carbocycles. The number of benzene rings is 2. The SMILES string of the molecule is C=C(CC)/C(=C1/C=CNC1=NC)c1ccc(CNC(=O)c2ccc(C(C)(C)C)cc2)c(C#N)c1. The predicted octanol–water partition coefficient (Wildman–Crippen LogP) is 5.65. The molecule has 0 saturated heterocycles. The summed E-state index contributed by atoms with van der Waals surface area (Å²) in [6, 6.07) is 15.7. The van der Waals surface area contributed by atoms with Gasteiger partial charge in [-0.3, -0.25) is 9.79 Å². The highest BCUT2D eigenvalue weighted by Crippen LogP contribution is 2.31. The smallest absolute Gasteiger partial charge is 0.251 e. The van der Waals surface area contributed by atoms with Gasteiger partial charge in [-0.2, -0.15) is 5.26 Å². The minimum absolute atomic E-state index is 0.0315. The van der Waals surface area contributed by atoms with E-state index in [0.717, 1.165) is 40.1 Å². The minimum Gasteiger partial charge on any atom is -0.348 e. The van der Waals surface area contributed by atoms with Gasteiger partial charge in [-0.05, 0) is 63.9 Å². The van der Waals surface area contributed by atoms with Crippen molar-refractivity contribution in [1.82, 2.24) is 10.6 Å². The van der Waals surface area contributed by atoms with Gasteiger partial charge in [0.25, 0.3) is 5.91 Å². The standard InChI is InChI=1S/C29H32N4O/c1-7-19(2)26(25-14-15-32-27(25)31-6)21-8-9-22(23(16-21)17-30)18-33-28(34)20-10-12-24(13-11-20)29(3,4)5/h8-16H,2,7,18H2,1,3-6H3,(H,31,32)(H,33,34)/b26-25+. The normalized spacial score (nSPS) is 15.6. The number of aliphatic imine (C=N–C) groups is 1. The van der Waals surface area contributed by atoms with E-state index in [1.54, 1.807) is 7.05 Å². The van der Waals surface area contributed by atoms with Gasteiger partial charge in [-0.15, -0.1) is 0 Å². The topological polar surface area (TPSA) is 77.3 Å². The summed E-state index contributed by atoms with van der Waals surface area (Å²) in [6.45, 7) is 13.0. The van der Waals surface area contributed by atoms with Crippen molar-refractivity contribution < 1.29 is 4.79 Å². The number of nitriles is 1. The Kier molecular flexibility index (Phi) is 7.53. The van der Waals surface area contributed by atoms with Gasteiger partial charge in [0.05, 0.1) is 11.6 Å². The molecule has 0 radical (unpaired) electrons. The second-order valence-corrected chi connectivity index (χ2v) is 9.29. The summed E-state index contributed by atoms with van der Waals surface area (Å²) in [4.78, 5) is 17.0. The fourth-order valence-electron chi connectivity index (χ4n) is 3.86. The Morgan fingerprint density at radius 1 is 1.15 bits per heavy atom. The number of nitrogens with one attached hydrogen (secondary N) is 2. The molecule has 0 aromatic heterocycles. The molecule has 0 atom stereocenters. The highest BCUT2D eigenvalue weighted by Gasteiger charge is 2.19. The lowest BCUT2D eigenvalue weighted by Gasteiger charge is -2.19. The van der Waals surface area contributed by atoms with E-state index in [1.165, 1.54) is 5.56 Å². The first kappa shape index (κ1) is 24.7. The zero-order chi connectivity index (χ0) is 24.9. The third-order valence-electron chi connectivity index (χ3n) is 5.97. The van der Waals surface area contributed by atoms with E-state index >= 15 is 0 Å². The van der Waals surface area contributed by atoms with E-state index in [2.05, 4.69) is 56.0 Å². The summed E-state index contributed by atoms with van der Waals surface area (Å²) < 4.78 is 0. The van der Waals surface area contributed by atoms with Crippen LogP contribution >= 0.6 is 0 Å². The lowest BCUT2D eigenvalue weighted by Crippen LogP contribution is -2.23. The van der Waals surface area contributed by atoms with Gasteiger partial charge in [-0.25, -0.2) is 0 Å². The Bertz CT molecular complexity index is 1230. The Morgan fingerprint density at radius 2 is 1.82 bits per heavy atom. The molecule has 3 rings (SSSR count). The summed E-state index contributed by atoms with van der Waals surface area (Å²) >= 11 is 0. The van der Waals surface area contributed by atoms with Gasteiger partial charge in [0.15, 0.2) is 0 Å². The molecule has 1 heterocycles. The van der Waals surface area contributed by atoms with Crippen LogP contribution in [0.3, 0.4) is 0 Å². The average molecular weight is 453 g/mol. The Balaban J connectivity index is 1.85. The molecule has 0 fully saturated rings. The maximum absolute atomic E-state index is 12.7. The molecular formula is C29H32N4O. The first-order valence-corrected chi connectivity index (χ1v) is 11.4. The number of hydrogen-bond acceptors (Lipinski definition) is 3. The Morgan fingerprint density at radius 3 is 2.41 bits per heavy atom. The van der Waals surface area contributed by atoms with E-state index in [1.807, 2.05) is 54.7 Å². The largest absolute Gasteiger partial charge is 0.348 e. The maximum Gasteiger partial charge on any atom is 0.251 e. The minimum atomic E-state index is -0.165. The van der Waals surface area contributed by atoms with Crippen molar-refractivity contribution in [3.05, 3.63) is 100 Å². The van der Waals surface area contributed by atoms with Gasteiger partial charge in [0, 0.05) is 30.9 Å². The zero-order valence-corrected chi connectivity index (χ0v) is 20.6. The zero-order valence-electron chi connectivity index (χ0n) is 20.6. The molecule has 2 aromatic rings. The summed E-state index contributed by atoms with van der Waals surface area (Å²) in [6.07, 6.45) is 4.60. The molecule has 0 aliphatic carbocycles. The van der Waals surface area contributed by atoms with Crippen molar-refractivity contribution in [3.8, 4) is 6.07 Å². The number of nitrogens with zero attached hydrogens (tertiary/aromatic N) is 2. The summed E-state index contributed by atoms with van der Waals surface area (Å²) in [5, 5.41) is 15.9. The molecule has 1 amide bonds. The van der Waals surface area contributed by atoms with Crippen LogP contribution in [-0.4, -0.2) is 18.8 Å². The molecule has 34 heavy (non-hydrogen) atoms. The number of rotatable bonds is 6. The molecule has 0 saturated carbocycles. The fourth-order valence-corrected chi connectivity index (χ4v) is 3.86. The number of amides is 1. The van der Waals surface area contributed by atoms with Crippen LogP contribution < -0.4 is 10.6 Å². The lowest BCUT2D eigenvalue weighted by atomic mass is 9.86. The number of carbonyl (C=O) groups is 1. The number of hydrogen-bond donors (Lipinski definition) is 2.